The summed E-state index contributed by atoms with van der Waals surface area (Å²) in [5.41, 5.74) is 7.51. The molecule has 0 saturated carbocycles. The zero-order valence-corrected chi connectivity index (χ0v) is 8.16. The van der Waals surface area contributed by atoms with Gasteiger partial charge in [-0.25, -0.2) is 9.78 Å². The molecule has 2 rings (SSSR count). The first kappa shape index (κ1) is 8.99. The Hall–Kier alpha value is -1.58. The van der Waals surface area contributed by atoms with Crippen molar-refractivity contribution in [2.24, 2.45) is 5.73 Å². The summed E-state index contributed by atoms with van der Waals surface area (Å²) in [6.07, 6.45) is 3.70. The third-order valence-corrected chi connectivity index (χ3v) is 2.43. The lowest BCUT2D eigenvalue weighted by Crippen LogP contribution is -2.40. The molecule has 74 valence electrons. The summed E-state index contributed by atoms with van der Waals surface area (Å²) in [5.74, 6) is 0.731. The Labute approximate surface area is 82.7 Å². The molecule has 0 spiro atoms. The van der Waals surface area contributed by atoms with Gasteiger partial charge in [-0.3, -0.25) is 4.90 Å². The van der Waals surface area contributed by atoms with Gasteiger partial charge in [-0.2, -0.15) is 0 Å². The fourth-order valence-corrected chi connectivity index (χ4v) is 1.80. The molecule has 4 heteroatoms. The number of primary amides is 1. The quantitative estimate of drug-likeness (QED) is 0.670. The molecule has 0 aliphatic carbocycles. The van der Waals surface area contributed by atoms with Crippen LogP contribution in [0.2, 0.25) is 0 Å². The van der Waals surface area contributed by atoms with E-state index >= 15 is 0 Å². The maximum Gasteiger partial charge on any atom is 0.320 e. The lowest BCUT2D eigenvalue weighted by Gasteiger charge is -2.26. The predicted octanol–water partition coefficient (Wildman–Crippen LogP) is 1.22. The van der Waals surface area contributed by atoms with Gasteiger partial charge in [-0.1, -0.05) is 6.07 Å². The normalized spacial score (nSPS) is 15.1. The SMILES string of the molecule is Cc1cnc2c(c1)CCCN2C(N)=O. The second-order valence-corrected chi connectivity index (χ2v) is 3.59. The van der Waals surface area contributed by atoms with E-state index in [-0.39, 0.29) is 0 Å². The minimum Gasteiger partial charge on any atom is -0.351 e. The lowest BCUT2D eigenvalue weighted by molar-refractivity contribution is 0.253. The van der Waals surface area contributed by atoms with E-state index in [2.05, 4.69) is 11.1 Å². The molecule has 1 aliphatic heterocycles. The van der Waals surface area contributed by atoms with Gasteiger partial charge in [-0.15, -0.1) is 0 Å². The number of carbonyl (C=O) groups is 1. The van der Waals surface area contributed by atoms with Crippen molar-refractivity contribution in [2.45, 2.75) is 19.8 Å². The Bertz CT molecular complexity index is 376. The van der Waals surface area contributed by atoms with Crippen LogP contribution in [0.15, 0.2) is 12.3 Å². The van der Waals surface area contributed by atoms with Crippen molar-refractivity contribution in [1.82, 2.24) is 4.98 Å². The van der Waals surface area contributed by atoms with Crippen molar-refractivity contribution in [3.8, 4) is 0 Å². The van der Waals surface area contributed by atoms with Gasteiger partial charge in [0.15, 0.2) is 0 Å². The summed E-state index contributed by atoms with van der Waals surface area (Å²) in [7, 11) is 0. The number of pyridine rings is 1. The van der Waals surface area contributed by atoms with Crippen LogP contribution >= 0.6 is 0 Å². The summed E-state index contributed by atoms with van der Waals surface area (Å²) >= 11 is 0. The number of fused-ring (bicyclic) bond motifs is 1. The summed E-state index contributed by atoms with van der Waals surface area (Å²) in [4.78, 5) is 16.9. The van der Waals surface area contributed by atoms with Crippen LogP contribution in [-0.4, -0.2) is 17.6 Å². The molecule has 0 aromatic carbocycles. The number of hydrogen-bond donors (Lipinski definition) is 1. The van der Waals surface area contributed by atoms with E-state index in [1.807, 2.05) is 6.92 Å². The van der Waals surface area contributed by atoms with Crippen LogP contribution in [0.4, 0.5) is 10.6 Å². The Balaban J connectivity index is 2.44. The van der Waals surface area contributed by atoms with Crippen LogP contribution in [0.3, 0.4) is 0 Å². The molecule has 2 heterocycles. The minimum absolute atomic E-state index is 0.415. The molecule has 1 aromatic rings. The molecular weight excluding hydrogens is 178 g/mol. The highest BCUT2D eigenvalue weighted by Crippen LogP contribution is 2.24. The number of rotatable bonds is 0. The van der Waals surface area contributed by atoms with Crippen molar-refractivity contribution in [3.05, 3.63) is 23.4 Å². The highest BCUT2D eigenvalue weighted by molar-refractivity contribution is 5.90. The smallest absolute Gasteiger partial charge is 0.320 e. The first-order chi connectivity index (χ1) is 6.68. The van der Waals surface area contributed by atoms with Crippen molar-refractivity contribution in [3.63, 3.8) is 0 Å². The van der Waals surface area contributed by atoms with E-state index < -0.39 is 6.03 Å². The van der Waals surface area contributed by atoms with E-state index in [9.17, 15) is 4.79 Å². The second-order valence-electron chi connectivity index (χ2n) is 3.59. The average Bonchev–Trinajstić information content (AvgIpc) is 2.16. The van der Waals surface area contributed by atoms with Crippen molar-refractivity contribution in [2.75, 3.05) is 11.4 Å². The third kappa shape index (κ3) is 1.43. The van der Waals surface area contributed by atoms with Gasteiger partial charge < -0.3 is 5.73 Å². The molecule has 4 nitrogen and oxygen atoms in total. The highest BCUT2D eigenvalue weighted by Gasteiger charge is 2.21. The van der Waals surface area contributed by atoms with Crippen molar-refractivity contribution in [1.29, 1.82) is 0 Å². The fourth-order valence-electron chi connectivity index (χ4n) is 1.80. The number of urea groups is 1. The molecule has 14 heavy (non-hydrogen) atoms. The van der Waals surface area contributed by atoms with Crippen LogP contribution in [0.25, 0.3) is 0 Å². The lowest BCUT2D eigenvalue weighted by atomic mass is 10.0. The standard InChI is InChI=1S/C10H13N3O/c1-7-5-8-3-2-4-13(10(11)14)9(8)12-6-7/h5-6H,2-4H2,1H3,(H2,11,14). The Kier molecular flexibility index (Phi) is 2.11. The zero-order valence-electron chi connectivity index (χ0n) is 8.16. The molecule has 0 bridgehead atoms. The topological polar surface area (TPSA) is 59.2 Å². The molecule has 0 saturated heterocycles. The maximum atomic E-state index is 11.1. The molecule has 1 aliphatic rings. The molecule has 0 radical (unpaired) electrons. The molecular formula is C10H13N3O. The van der Waals surface area contributed by atoms with E-state index in [1.165, 1.54) is 4.90 Å². The molecule has 2 amide bonds. The van der Waals surface area contributed by atoms with Gasteiger partial charge >= 0.3 is 6.03 Å². The van der Waals surface area contributed by atoms with Gasteiger partial charge in [0.1, 0.15) is 5.82 Å². The van der Waals surface area contributed by atoms with E-state index in [0.717, 1.165) is 29.8 Å². The Morgan fingerprint density at radius 1 is 1.64 bits per heavy atom. The van der Waals surface area contributed by atoms with E-state index in [4.69, 9.17) is 5.73 Å². The molecule has 0 fully saturated rings. The Morgan fingerprint density at radius 2 is 2.43 bits per heavy atom. The molecule has 0 unspecified atom stereocenters. The van der Waals surface area contributed by atoms with Gasteiger partial charge in [0.05, 0.1) is 0 Å². The molecule has 1 aromatic heterocycles. The molecule has 2 N–H and O–H groups in total. The van der Waals surface area contributed by atoms with Crippen LogP contribution in [-0.2, 0) is 6.42 Å². The van der Waals surface area contributed by atoms with Crippen LogP contribution in [0.5, 0.6) is 0 Å². The monoisotopic (exact) mass is 191 g/mol. The maximum absolute atomic E-state index is 11.1. The summed E-state index contributed by atoms with van der Waals surface area (Å²) < 4.78 is 0. The minimum atomic E-state index is -0.415. The van der Waals surface area contributed by atoms with Crippen LogP contribution in [0.1, 0.15) is 17.5 Å². The highest BCUT2D eigenvalue weighted by atomic mass is 16.2. The number of nitrogens with zero attached hydrogens (tertiary/aromatic N) is 2. The van der Waals surface area contributed by atoms with Crippen molar-refractivity contribution < 1.29 is 4.79 Å². The van der Waals surface area contributed by atoms with Gasteiger partial charge in [0, 0.05) is 12.7 Å². The summed E-state index contributed by atoms with van der Waals surface area (Å²) in [6.45, 7) is 2.68. The van der Waals surface area contributed by atoms with Crippen LogP contribution in [0, 0.1) is 6.92 Å². The van der Waals surface area contributed by atoms with Gasteiger partial charge in [0.25, 0.3) is 0 Å². The molecule has 0 atom stereocenters. The first-order valence-corrected chi connectivity index (χ1v) is 4.71. The number of hydrogen-bond acceptors (Lipinski definition) is 2. The number of carbonyl (C=O) groups excluding carboxylic acids is 1. The number of amides is 2. The number of anilines is 1. The fraction of sp³-hybridized carbons (Fsp3) is 0.400. The average molecular weight is 191 g/mol. The van der Waals surface area contributed by atoms with Gasteiger partial charge in [-0.05, 0) is 30.9 Å². The zero-order chi connectivity index (χ0) is 10.1. The number of nitrogens with two attached hydrogens (primary N) is 1. The van der Waals surface area contributed by atoms with Gasteiger partial charge in [0.2, 0.25) is 0 Å². The van der Waals surface area contributed by atoms with E-state index in [1.54, 1.807) is 6.20 Å². The number of aryl methyl sites for hydroxylation is 2. The van der Waals surface area contributed by atoms with Crippen LogP contribution < -0.4 is 10.6 Å². The van der Waals surface area contributed by atoms with E-state index in [0.29, 0.717) is 6.54 Å². The number of aromatic nitrogens is 1. The first-order valence-electron chi connectivity index (χ1n) is 4.71. The third-order valence-electron chi connectivity index (χ3n) is 2.43. The summed E-state index contributed by atoms with van der Waals surface area (Å²) in [5, 5.41) is 0. The second kappa shape index (κ2) is 3.29. The predicted molar refractivity (Wildman–Crippen MR) is 54.2 cm³/mol. The summed E-state index contributed by atoms with van der Waals surface area (Å²) in [6, 6.07) is 1.65. The Morgan fingerprint density at radius 3 is 3.14 bits per heavy atom. The van der Waals surface area contributed by atoms with Crippen molar-refractivity contribution >= 4 is 11.8 Å². The largest absolute Gasteiger partial charge is 0.351 e.